The highest BCUT2D eigenvalue weighted by Crippen LogP contribution is 2.22. The number of anilines is 1. The van der Waals surface area contributed by atoms with E-state index in [0.717, 1.165) is 11.1 Å². The summed E-state index contributed by atoms with van der Waals surface area (Å²) in [5.41, 5.74) is 3.80. The number of nitrogens with one attached hydrogen (secondary N) is 1. The average molecular weight is 331 g/mol. The highest BCUT2D eigenvalue weighted by molar-refractivity contribution is 6.04. The van der Waals surface area contributed by atoms with Gasteiger partial charge in [0.25, 0.3) is 5.91 Å². The molecule has 0 saturated heterocycles. The minimum atomic E-state index is -0.923. The molecule has 0 atom stereocenters. The van der Waals surface area contributed by atoms with Crippen LogP contribution in [0.25, 0.3) is 11.1 Å². The van der Waals surface area contributed by atoms with Crippen LogP contribution in [-0.4, -0.2) is 17.0 Å². The summed E-state index contributed by atoms with van der Waals surface area (Å²) in [5.74, 6) is -1.19. The van der Waals surface area contributed by atoms with E-state index in [1.54, 1.807) is 24.3 Å². The maximum atomic E-state index is 12.4. The Bertz CT molecular complexity index is 904. The minimum absolute atomic E-state index is 0.107. The Balaban J connectivity index is 1.78. The van der Waals surface area contributed by atoms with Crippen molar-refractivity contribution in [1.29, 1.82) is 0 Å². The molecule has 0 unspecified atom stereocenters. The molecule has 0 radical (unpaired) electrons. The van der Waals surface area contributed by atoms with Crippen LogP contribution in [0, 0.1) is 0 Å². The van der Waals surface area contributed by atoms with Gasteiger partial charge in [0.15, 0.2) is 0 Å². The van der Waals surface area contributed by atoms with E-state index in [1.165, 1.54) is 0 Å². The van der Waals surface area contributed by atoms with Crippen molar-refractivity contribution in [3.63, 3.8) is 0 Å². The van der Waals surface area contributed by atoms with E-state index in [0.29, 0.717) is 16.8 Å². The van der Waals surface area contributed by atoms with Crippen LogP contribution in [0.1, 0.15) is 15.9 Å². The van der Waals surface area contributed by atoms with E-state index in [4.69, 9.17) is 5.11 Å². The molecule has 0 aromatic heterocycles. The van der Waals surface area contributed by atoms with Gasteiger partial charge in [-0.2, -0.15) is 0 Å². The third-order valence-corrected chi connectivity index (χ3v) is 3.77. The van der Waals surface area contributed by atoms with E-state index >= 15 is 0 Å². The van der Waals surface area contributed by atoms with E-state index < -0.39 is 5.97 Å². The van der Waals surface area contributed by atoms with Crippen molar-refractivity contribution in [2.75, 3.05) is 5.32 Å². The van der Waals surface area contributed by atoms with Crippen LogP contribution in [0.15, 0.2) is 78.9 Å². The molecule has 3 rings (SSSR count). The Kier molecular flexibility index (Phi) is 4.90. The standard InChI is InChI=1S/C21H17NO3/c23-20(24)13-15-6-4-10-18(12-15)21(25)22-19-11-5-9-17(14-19)16-7-2-1-3-8-16/h1-12,14H,13H2,(H,22,25)(H,23,24). The summed E-state index contributed by atoms with van der Waals surface area (Å²) in [7, 11) is 0. The Hall–Kier alpha value is -3.40. The Morgan fingerprint density at radius 1 is 0.800 bits per heavy atom. The van der Waals surface area contributed by atoms with Gasteiger partial charge in [-0.1, -0.05) is 54.6 Å². The second-order valence-electron chi connectivity index (χ2n) is 5.67. The van der Waals surface area contributed by atoms with Gasteiger partial charge in [-0.05, 0) is 41.0 Å². The highest BCUT2D eigenvalue weighted by Gasteiger charge is 2.09. The third-order valence-electron chi connectivity index (χ3n) is 3.77. The summed E-state index contributed by atoms with van der Waals surface area (Å²) in [6, 6.07) is 24.2. The van der Waals surface area contributed by atoms with Gasteiger partial charge in [0, 0.05) is 11.3 Å². The molecule has 3 aromatic rings. The molecule has 0 aliphatic carbocycles. The quantitative estimate of drug-likeness (QED) is 0.735. The van der Waals surface area contributed by atoms with Gasteiger partial charge in [-0.3, -0.25) is 9.59 Å². The van der Waals surface area contributed by atoms with E-state index in [2.05, 4.69) is 5.32 Å². The molecule has 25 heavy (non-hydrogen) atoms. The van der Waals surface area contributed by atoms with E-state index in [1.807, 2.05) is 54.6 Å². The Morgan fingerprint density at radius 2 is 1.52 bits per heavy atom. The van der Waals surface area contributed by atoms with Crippen LogP contribution in [-0.2, 0) is 11.2 Å². The van der Waals surface area contributed by atoms with Gasteiger partial charge in [0.1, 0.15) is 0 Å². The Labute approximate surface area is 145 Å². The minimum Gasteiger partial charge on any atom is -0.481 e. The number of amides is 1. The molecule has 0 heterocycles. The largest absolute Gasteiger partial charge is 0.481 e. The summed E-state index contributed by atoms with van der Waals surface area (Å²) in [5, 5.41) is 11.7. The SMILES string of the molecule is O=C(O)Cc1cccc(C(=O)Nc2cccc(-c3ccccc3)c2)c1. The van der Waals surface area contributed by atoms with Crippen molar-refractivity contribution in [1.82, 2.24) is 0 Å². The molecule has 0 bridgehead atoms. The van der Waals surface area contributed by atoms with Crippen LogP contribution in [0.3, 0.4) is 0 Å². The van der Waals surface area contributed by atoms with Crippen LogP contribution in [0.2, 0.25) is 0 Å². The molecule has 0 fully saturated rings. The first-order chi connectivity index (χ1) is 12.1. The maximum Gasteiger partial charge on any atom is 0.307 e. The number of rotatable bonds is 5. The van der Waals surface area contributed by atoms with Crippen LogP contribution in [0.4, 0.5) is 5.69 Å². The summed E-state index contributed by atoms with van der Waals surface area (Å²) < 4.78 is 0. The fourth-order valence-electron chi connectivity index (χ4n) is 2.61. The molecule has 4 heteroatoms. The lowest BCUT2D eigenvalue weighted by molar-refractivity contribution is -0.136. The molecular formula is C21H17NO3. The second-order valence-corrected chi connectivity index (χ2v) is 5.67. The lowest BCUT2D eigenvalue weighted by Gasteiger charge is -2.09. The van der Waals surface area contributed by atoms with Crippen molar-refractivity contribution in [3.05, 3.63) is 90.0 Å². The van der Waals surface area contributed by atoms with Gasteiger partial charge in [-0.25, -0.2) is 0 Å². The zero-order valence-electron chi connectivity index (χ0n) is 13.5. The van der Waals surface area contributed by atoms with Crippen molar-refractivity contribution in [2.45, 2.75) is 6.42 Å². The first kappa shape index (κ1) is 16.5. The number of carboxylic acid groups (broad SMARTS) is 1. The van der Waals surface area contributed by atoms with Crippen LogP contribution in [0.5, 0.6) is 0 Å². The number of carboxylic acids is 1. The van der Waals surface area contributed by atoms with Gasteiger partial charge in [-0.15, -0.1) is 0 Å². The van der Waals surface area contributed by atoms with Crippen molar-refractivity contribution < 1.29 is 14.7 Å². The molecule has 0 aliphatic heterocycles. The van der Waals surface area contributed by atoms with Gasteiger partial charge >= 0.3 is 5.97 Å². The highest BCUT2D eigenvalue weighted by atomic mass is 16.4. The molecule has 4 nitrogen and oxygen atoms in total. The fraction of sp³-hybridized carbons (Fsp3) is 0.0476. The van der Waals surface area contributed by atoms with Gasteiger partial charge in [0.05, 0.1) is 6.42 Å². The third kappa shape index (κ3) is 4.32. The lowest BCUT2D eigenvalue weighted by Crippen LogP contribution is -2.12. The first-order valence-electron chi connectivity index (χ1n) is 7.89. The second kappa shape index (κ2) is 7.45. The topological polar surface area (TPSA) is 66.4 Å². The van der Waals surface area contributed by atoms with Crippen LogP contribution < -0.4 is 5.32 Å². The zero-order valence-corrected chi connectivity index (χ0v) is 13.5. The smallest absolute Gasteiger partial charge is 0.307 e. The average Bonchev–Trinajstić information content (AvgIpc) is 2.62. The summed E-state index contributed by atoms with van der Waals surface area (Å²) in [6.45, 7) is 0. The molecule has 124 valence electrons. The molecule has 2 N–H and O–H groups in total. The van der Waals surface area contributed by atoms with E-state index in [-0.39, 0.29) is 12.3 Å². The van der Waals surface area contributed by atoms with Crippen molar-refractivity contribution in [3.8, 4) is 11.1 Å². The summed E-state index contributed by atoms with van der Waals surface area (Å²) in [6.07, 6.45) is -0.107. The number of benzene rings is 3. The number of carbonyl (C=O) groups excluding carboxylic acids is 1. The molecule has 0 aliphatic rings. The van der Waals surface area contributed by atoms with Gasteiger partial charge < -0.3 is 10.4 Å². The fourth-order valence-corrected chi connectivity index (χ4v) is 2.61. The molecule has 0 saturated carbocycles. The normalized spacial score (nSPS) is 10.2. The van der Waals surface area contributed by atoms with Gasteiger partial charge in [0.2, 0.25) is 0 Å². The van der Waals surface area contributed by atoms with E-state index in [9.17, 15) is 9.59 Å². The molecule has 1 amide bonds. The maximum absolute atomic E-state index is 12.4. The Morgan fingerprint density at radius 3 is 2.28 bits per heavy atom. The number of hydrogen-bond acceptors (Lipinski definition) is 2. The molecule has 0 spiro atoms. The van der Waals surface area contributed by atoms with Crippen LogP contribution >= 0.6 is 0 Å². The van der Waals surface area contributed by atoms with Crippen molar-refractivity contribution in [2.24, 2.45) is 0 Å². The molecular weight excluding hydrogens is 314 g/mol. The predicted octanol–water partition coefficient (Wildman–Crippen LogP) is 4.23. The number of carbonyl (C=O) groups is 2. The monoisotopic (exact) mass is 331 g/mol. The number of hydrogen-bond donors (Lipinski definition) is 2. The number of aliphatic carboxylic acids is 1. The first-order valence-corrected chi connectivity index (χ1v) is 7.89. The molecule has 3 aromatic carbocycles. The predicted molar refractivity (Wildman–Crippen MR) is 97.6 cm³/mol. The zero-order chi connectivity index (χ0) is 17.6. The van der Waals surface area contributed by atoms with Crippen molar-refractivity contribution >= 4 is 17.6 Å². The summed E-state index contributed by atoms with van der Waals surface area (Å²) >= 11 is 0. The lowest BCUT2D eigenvalue weighted by atomic mass is 10.0. The summed E-state index contributed by atoms with van der Waals surface area (Å²) in [4.78, 5) is 23.3.